The summed E-state index contributed by atoms with van der Waals surface area (Å²) in [6.07, 6.45) is 0. The molecule has 0 aliphatic heterocycles. The highest BCUT2D eigenvalue weighted by Crippen LogP contribution is 2.23. The van der Waals surface area contributed by atoms with Gasteiger partial charge in [0.1, 0.15) is 18.1 Å². The predicted molar refractivity (Wildman–Crippen MR) is 111 cm³/mol. The molecule has 1 N–H and O–H groups in total. The summed E-state index contributed by atoms with van der Waals surface area (Å²) >= 11 is 0. The minimum Gasteiger partial charge on any atom is -0.496 e. The Hall–Kier alpha value is -3.27. The topological polar surface area (TPSA) is 47.6 Å². The van der Waals surface area contributed by atoms with E-state index in [0.29, 0.717) is 17.9 Å². The number of benzene rings is 3. The van der Waals surface area contributed by atoms with Crippen LogP contribution in [0.4, 0.5) is 0 Å². The summed E-state index contributed by atoms with van der Waals surface area (Å²) in [6.45, 7) is 4.32. The number of methoxy groups -OCH3 is 1. The second kappa shape index (κ2) is 9.09. The van der Waals surface area contributed by atoms with Crippen molar-refractivity contribution in [1.82, 2.24) is 5.32 Å². The third-order valence-electron chi connectivity index (χ3n) is 4.61. The summed E-state index contributed by atoms with van der Waals surface area (Å²) in [6, 6.07) is 23.1. The van der Waals surface area contributed by atoms with Crippen LogP contribution in [0.25, 0.3) is 0 Å². The molecular weight excluding hydrogens is 350 g/mol. The van der Waals surface area contributed by atoms with Gasteiger partial charge in [0, 0.05) is 11.1 Å². The van der Waals surface area contributed by atoms with Gasteiger partial charge in [-0.15, -0.1) is 0 Å². The number of nitrogens with one attached hydrogen (secondary N) is 1. The molecule has 28 heavy (non-hydrogen) atoms. The molecule has 0 bridgehead atoms. The van der Waals surface area contributed by atoms with Gasteiger partial charge in [0.15, 0.2) is 0 Å². The van der Waals surface area contributed by atoms with Crippen molar-refractivity contribution in [3.63, 3.8) is 0 Å². The predicted octanol–water partition coefficient (Wildman–Crippen LogP) is 5.07. The van der Waals surface area contributed by atoms with Gasteiger partial charge in [0.05, 0.1) is 13.2 Å². The quantitative estimate of drug-likeness (QED) is 0.627. The fourth-order valence-electron chi connectivity index (χ4n) is 2.93. The van der Waals surface area contributed by atoms with E-state index in [1.54, 1.807) is 19.2 Å². The number of aryl methyl sites for hydroxylation is 1. The molecule has 0 spiro atoms. The van der Waals surface area contributed by atoms with Crippen LogP contribution in [0, 0.1) is 6.92 Å². The van der Waals surface area contributed by atoms with E-state index in [4.69, 9.17) is 9.47 Å². The lowest BCUT2D eigenvalue weighted by Crippen LogP contribution is -2.26. The molecule has 0 unspecified atom stereocenters. The fraction of sp³-hybridized carbons (Fsp3) is 0.208. The minimum absolute atomic E-state index is 0.0805. The van der Waals surface area contributed by atoms with Gasteiger partial charge in [-0.3, -0.25) is 4.79 Å². The zero-order valence-corrected chi connectivity index (χ0v) is 16.4. The summed E-state index contributed by atoms with van der Waals surface area (Å²) in [7, 11) is 1.61. The fourth-order valence-corrected chi connectivity index (χ4v) is 2.93. The second-order valence-electron chi connectivity index (χ2n) is 6.73. The maximum Gasteiger partial charge on any atom is 0.251 e. The second-order valence-corrected chi connectivity index (χ2v) is 6.73. The summed E-state index contributed by atoms with van der Waals surface area (Å²) in [5, 5.41) is 3.04. The molecule has 144 valence electrons. The number of ether oxygens (including phenoxy) is 2. The number of hydrogen-bond acceptors (Lipinski definition) is 3. The Bertz CT molecular complexity index is 920. The molecule has 0 radical (unpaired) electrons. The van der Waals surface area contributed by atoms with Crippen molar-refractivity contribution in [2.45, 2.75) is 26.5 Å². The van der Waals surface area contributed by atoms with Crippen LogP contribution in [0.5, 0.6) is 11.5 Å². The van der Waals surface area contributed by atoms with Gasteiger partial charge < -0.3 is 14.8 Å². The van der Waals surface area contributed by atoms with Crippen LogP contribution in [0.1, 0.15) is 40.0 Å². The van der Waals surface area contributed by atoms with Crippen molar-refractivity contribution >= 4 is 5.91 Å². The Balaban J connectivity index is 1.72. The number of carbonyl (C=O) groups excluding carboxylic acids is 1. The molecule has 0 fully saturated rings. The maximum atomic E-state index is 12.7. The average molecular weight is 375 g/mol. The normalized spacial score (nSPS) is 11.5. The van der Waals surface area contributed by atoms with E-state index in [9.17, 15) is 4.79 Å². The first-order valence-corrected chi connectivity index (χ1v) is 9.29. The van der Waals surface area contributed by atoms with Crippen molar-refractivity contribution in [2.24, 2.45) is 0 Å². The van der Waals surface area contributed by atoms with Crippen LogP contribution < -0.4 is 14.8 Å². The molecule has 3 aromatic rings. The molecule has 3 rings (SSSR count). The summed E-state index contributed by atoms with van der Waals surface area (Å²) in [5.41, 5.74) is 3.64. The molecule has 1 amide bonds. The Kier molecular flexibility index (Phi) is 6.33. The summed E-state index contributed by atoms with van der Waals surface area (Å²) < 4.78 is 11.3. The Labute approximate surface area is 166 Å². The van der Waals surface area contributed by atoms with E-state index in [-0.39, 0.29) is 11.9 Å². The van der Waals surface area contributed by atoms with Gasteiger partial charge in [-0.05, 0) is 49.7 Å². The molecule has 0 heterocycles. The molecule has 4 nitrogen and oxygen atoms in total. The third-order valence-corrected chi connectivity index (χ3v) is 4.61. The van der Waals surface area contributed by atoms with E-state index < -0.39 is 0 Å². The highest BCUT2D eigenvalue weighted by molar-refractivity contribution is 5.94. The van der Waals surface area contributed by atoms with Gasteiger partial charge in [-0.1, -0.05) is 48.0 Å². The Morgan fingerprint density at radius 3 is 2.39 bits per heavy atom. The largest absolute Gasteiger partial charge is 0.496 e. The average Bonchev–Trinajstić information content (AvgIpc) is 2.73. The molecule has 0 aromatic heterocycles. The number of hydrogen-bond donors (Lipinski definition) is 1. The van der Waals surface area contributed by atoms with Gasteiger partial charge in [0.25, 0.3) is 5.91 Å². The maximum absolute atomic E-state index is 12.7. The van der Waals surface area contributed by atoms with Crippen LogP contribution >= 0.6 is 0 Å². The van der Waals surface area contributed by atoms with Crippen LogP contribution in [-0.2, 0) is 6.61 Å². The monoisotopic (exact) mass is 375 g/mol. The van der Waals surface area contributed by atoms with E-state index >= 15 is 0 Å². The van der Waals surface area contributed by atoms with Crippen molar-refractivity contribution in [2.75, 3.05) is 7.11 Å². The molecule has 0 saturated carbocycles. The zero-order chi connectivity index (χ0) is 19.9. The standard InChI is InChI=1S/C24H25NO3/c1-17-9-12-22(13-10-17)28-16-21-15-20(11-14-23(21)27-3)24(26)25-18(2)19-7-5-4-6-8-19/h4-15,18H,16H2,1-3H3,(H,25,26)/t18-/m0/s1. The van der Waals surface area contributed by atoms with Gasteiger partial charge in [0.2, 0.25) is 0 Å². The van der Waals surface area contributed by atoms with Gasteiger partial charge >= 0.3 is 0 Å². The lowest BCUT2D eigenvalue weighted by atomic mass is 10.1. The smallest absolute Gasteiger partial charge is 0.251 e. The van der Waals surface area contributed by atoms with E-state index in [1.165, 1.54) is 5.56 Å². The van der Waals surface area contributed by atoms with Crippen LogP contribution in [0.3, 0.4) is 0 Å². The summed E-state index contributed by atoms with van der Waals surface area (Å²) in [4.78, 5) is 12.7. The molecule has 0 aliphatic rings. The van der Waals surface area contributed by atoms with E-state index in [0.717, 1.165) is 16.9 Å². The molecule has 0 aliphatic carbocycles. The molecule has 3 aromatic carbocycles. The van der Waals surface area contributed by atoms with Crippen LogP contribution in [0.15, 0.2) is 72.8 Å². The SMILES string of the molecule is COc1ccc(C(=O)N[C@@H](C)c2ccccc2)cc1COc1ccc(C)cc1. The minimum atomic E-state index is -0.129. The Morgan fingerprint density at radius 1 is 1.00 bits per heavy atom. The lowest BCUT2D eigenvalue weighted by molar-refractivity contribution is 0.0939. The van der Waals surface area contributed by atoms with Crippen LogP contribution in [-0.4, -0.2) is 13.0 Å². The molecular formula is C24H25NO3. The van der Waals surface area contributed by atoms with Crippen molar-refractivity contribution in [1.29, 1.82) is 0 Å². The third kappa shape index (κ3) is 4.92. The van der Waals surface area contributed by atoms with Gasteiger partial charge in [-0.2, -0.15) is 0 Å². The Morgan fingerprint density at radius 2 is 1.71 bits per heavy atom. The lowest BCUT2D eigenvalue weighted by Gasteiger charge is -2.16. The van der Waals surface area contributed by atoms with Crippen molar-refractivity contribution in [3.8, 4) is 11.5 Å². The summed E-state index contributed by atoms with van der Waals surface area (Å²) in [5.74, 6) is 1.34. The van der Waals surface area contributed by atoms with Gasteiger partial charge in [-0.25, -0.2) is 0 Å². The number of amides is 1. The van der Waals surface area contributed by atoms with Crippen molar-refractivity contribution in [3.05, 3.63) is 95.1 Å². The number of carbonyl (C=O) groups is 1. The highest BCUT2D eigenvalue weighted by atomic mass is 16.5. The molecule has 4 heteroatoms. The van der Waals surface area contributed by atoms with Crippen molar-refractivity contribution < 1.29 is 14.3 Å². The molecule has 0 saturated heterocycles. The highest BCUT2D eigenvalue weighted by Gasteiger charge is 2.14. The first-order valence-electron chi connectivity index (χ1n) is 9.29. The van der Waals surface area contributed by atoms with E-state index in [1.807, 2.05) is 74.5 Å². The first kappa shape index (κ1) is 19.5. The van der Waals surface area contributed by atoms with E-state index in [2.05, 4.69) is 5.32 Å². The molecule has 1 atom stereocenters. The zero-order valence-electron chi connectivity index (χ0n) is 16.4. The number of rotatable bonds is 7. The first-order chi connectivity index (χ1) is 13.6. The van der Waals surface area contributed by atoms with Crippen LogP contribution in [0.2, 0.25) is 0 Å².